The van der Waals surface area contributed by atoms with E-state index in [1.54, 1.807) is 7.11 Å². The molecular weight excluding hydrogens is 316 g/mol. The first-order valence-corrected chi connectivity index (χ1v) is 9.45. The van der Waals surface area contributed by atoms with Crippen LogP contribution in [0.1, 0.15) is 42.9 Å². The van der Waals surface area contributed by atoms with Crippen LogP contribution < -0.4 is 5.32 Å². The molecule has 3 rings (SSSR count). The maximum Gasteiger partial charge on any atom is 0.237 e. The number of aliphatic hydroxyl groups is 1. The lowest BCUT2D eigenvalue weighted by atomic mass is 9.83. The van der Waals surface area contributed by atoms with Gasteiger partial charge < -0.3 is 20.1 Å². The van der Waals surface area contributed by atoms with Gasteiger partial charge in [0, 0.05) is 20.2 Å². The monoisotopic (exact) mass is 346 g/mol. The van der Waals surface area contributed by atoms with Gasteiger partial charge in [0.25, 0.3) is 0 Å². The maximum atomic E-state index is 12.9. The van der Waals surface area contributed by atoms with E-state index in [1.165, 1.54) is 36.8 Å². The fraction of sp³-hybridized carbons (Fsp3) is 0.650. The van der Waals surface area contributed by atoms with Crippen molar-refractivity contribution in [3.8, 4) is 0 Å². The molecule has 0 bridgehead atoms. The summed E-state index contributed by atoms with van der Waals surface area (Å²) in [4.78, 5) is 14.9. The van der Waals surface area contributed by atoms with Crippen molar-refractivity contribution in [1.82, 2.24) is 10.2 Å². The van der Waals surface area contributed by atoms with Gasteiger partial charge in [-0.2, -0.15) is 0 Å². The highest BCUT2D eigenvalue weighted by molar-refractivity contribution is 5.79. The molecule has 25 heavy (non-hydrogen) atoms. The van der Waals surface area contributed by atoms with Crippen LogP contribution >= 0.6 is 0 Å². The second-order valence-electron chi connectivity index (χ2n) is 7.27. The third-order valence-corrected chi connectivity index (χ3v) is 5.51. The van der Waals surface area contributed by atoms with Gasteiger partial charge in [0.05, 0.1) is 25.3 Å². The van der Waals surface area contributed by atoms with E-state index in [4.69, 9.17) is 4.74 Å². The molecule has 1 amide bonds. The topological polar surface area (TPSA) is 61.8 Å². The number of aliphatic hydroxyl groups excluding tert-OH is 1. The molecule has 5 heteroatoms. The van der Waals surface area contributed by atoms with Crippen molar-refractivity contribution in [2.24, 2.45) is 5.92 Å². The smallest absolute Gasteiger partial charge is 0.237 e. The molecule has 1 aliphatic heterocycles. The Hall–Kier alpha value is -1.43. The molecule has 1 aliphatic carbocycles. The van der Waals surface area contributed by atoms with Gasteiger partial charge in [0.15, 0.2) is 0 Å². The summed E-state index contributed by atoms with van der Waals surface area (Å²) in [6, 6.07) is 8.81. The number of amides is 1. The number of hydrogen-bond donors (Lipinski definition) is 2. The summed E-state index contributed by atoms with van der Waals surface area (Å²) in [5.41, 5.74) is 2.74. The molecule has 1 heterocycles. The predicted molar refractivity (Wildman–Crippen MR) is 97.3 cm³/mol. The molecule has 0 spiro atoms. The first-order chi connectivity index (χ1) is 12.2. The second kappa shape index (κ2) is 8.79. The maximum absolute atomic E-state index is 12.9. The number of carbonyl (C=O) groups is 1. The molecule has 1 fully saturated rings. The number of carbonyl (C=O) groups excluding carboxylic acids is 1. The van der Waals surface area contributed by atoms with Gasteiger partial charge in [-0.05, 0) is 36.3 Å². The van der Waals surface area contributed by atoms with Crippen molar-refractivity contribution in [2.75, 3.05) is 33.4 Å². The standard InChI is InChI=1S/C20H30N2O3/c1-25-14-17(23)12-21-13-19(24)22-11-10-15-6-4-5-9-18(15)20(22)16-7-2-3-8-16/h4-6,9,16-17,20-21,23H,2-3,7-8,10-14H2,1H3/t17-,20?/m0/s1. The Bertz CT molecular complexity index is 572. The van der Waals surface area contributed by atoms with Gasteiger partial charge >= 0.3 is 0 Å². The quantitative estimate of drug-likeness (QED) is 0.792. The molecule has 1 aromatic rings. The Kier molecular flexibility index (Phi) is 6.45. The minimum atomic E-state index is -0.578. The average molecular weight is 346 g/mol. The van der Waals surface area contributed by atoms with Crippen LogP contribution in [0.2, 0.25) is 0 Å². The highest BCUT2D eigenvalue weighted by Gasteiger charge is 2.37. The Morgan fingerprint density at radius 3 is 2.88 bits per heavy atom. The summed E-state index contributed by atoms with van der Waals surface area (Å²) in [7, 11) is 1.56. The molecule has 1 aromatic carbocycles. The third kappa shape index (κ3) is 4.40. The van der Waals surface area contributed by atoms with Gasteiger partial charge in [0.2, 0.25) is 5.91 Å². The summed E-state index contributed by atoms with van der Waals surface area (Å²) in [6.07, 6.45) is 5.31. The van der Waals surface area contributed by atoms with Gasteiger partial charge in [0.1, 0.15) is 0 Å². The Balaban J connectivity index is 1.67. The molecule has 1 saturated carbocycles. The molecule has 0 saturated heterocycles. The number of benzene rings is 1. The van der Waals surface area contributed by atoms with Crippen LogP contribution in [0.3, 0.4) is 0 Å². The van der Waals surface area contributed by atoms with Crippen molar-refractivity contribution >= 4 is 5.91 Å². The van der Waals surface area contributed by atoms with Gasteiger partial charge in [-0.1, -0.05) is 37.1 Å². The summed E-state index contributed by atoms with van der Waals surface area (Å²) < 4.78 is 4.92. The van der Waals surface area contributed by atoms with Crippen molar-refractivity contribution < 1.29 is 14.6 Å². The van der Waals surface area contributed by atoms with Crippen LogP contribution in [0, 0.1) is 5.92 Å². The van der Waals surface area contributed by atoms with Crippen LogP contribution in [-0.2, 0) is 16.0 Å². The van der Waals surface area contributed by atoms with Crippen LogP contribution in [0.5, 0.6) is 0 Å². The number of rotatable bonds is 7. The van der Waals surface area contributed by atoms with Crippen molar-refractivity contribution in [1.29, 1.82) is 0 Å². The minimum absolute atomic E-state index is 0.135. The van der Waals surface area contributed by atoms with Crippen molar-refractivity contribution in [3.05, 3.63) is 35.4 Å². The fourth-order valence-corrected chi connectivity index (χ4v) is 4.36. The minimum Gasteiger partial charge on any atom is -0.389 e. The van der Waals surface area contributed by atoms with E-state index in [-0.39, 0.29) is 25.1 Å². The second-order valence-corrected chi connectivity index (χ2v) is 7.27. The molecule has 2 aliphatic rings. The fourth-order valence-electron chi connectivity index (χ4n) is 4.36. The Morgan fingerprint density at radius 2 is 2.12 bits per heavy atom. The van der Waals surface area contributed by atoms with Crippen LogP contribution in [0.4, 0.5) is 0 Å². The first kappa shape index (κ1) is 18.4. The molecule has 0 radical (unpaired) electrons. The number of fused-ring (bicyclic) bond motifs is 1. The summed E-state index contributed by atoms with van der Waals surface area (Å²) in [5.74, 6) is 0.709. The number of ether oxygens (including phenoxy) is 1. The van der Waals surface area contributed by atoms with E-state index in [2.05, 4.69) is 34.5 Å². The normalized spacial score (nSPS) is 22.0. The molecule has 1 unspecified atom stereocenters. The van der Waals surface area contributed by atoms with Gasteiger partial charge in [-0.3, -0.25) is 4.79 Å². The number of nitrogens with zero attached hydrogens (tertiary/aromatic N) is 1. The molecule has 2 N–H and O–H groups in total. The third-order valence-electron chi connectivity index (χ3n) is 5.51. The van der Waals surface area contributed by atoms with Crippen molar-refractivity contribution in [3.63, 3.8) is 0 Å². The van der Waals surface area contributed by atoms with Crippen LogP contribution in [-0.4, -0.2) is 55.4 Å². The number of nitrogens with one attached hydrogen (secondary N) is 1. The zero-order chi connectivity index (χ0) is 17.6. The first-order valence-electron chi connectivity index (χ1n) is 9.45. The molecule has 2 atom stereocenters. The lowest BCUT2D eigenvalue weighted by Gasteiger charge is -2.41. The zero-order valence-electron chi connectivity index (χ0n) is 15.1. The Morgan fingerprint density at radius 1 is 1.36 bits per heavy atom. The lowest BCUT2D eigenvalue weighted by Crippen LogP contribution is -2.47. The van der Waals surface area contributed by atoms with Crippen LogP contribution in [0.15, 0.2) is 24.3 Å². The van der Waals surface area contributed by atoms with Crippen LogP contribution in [0.25, 0.3) is 0 Å². The average Bonchev–Trinajstić information content (AvgIpc) is 3.15. The SMILES string of the molecule is COC[C@@H](O)CNCC(=O)N1CCc2ccccc2C1C1CCCC1. The van der Waals surface area contributed by atoms with E-state index in [9.17, 15) is 9.90 Å². The zero-order valence-corrected chi connectivity index (χ0v) is 15.1. The Labute approximate surface area is 150 Å². The lowest BCUT2D eigenvalue weighted by molar-refractivity contribution is -0.134. The molecule has 138 valence electrons. The summed E-state index contributed by atoms with van der Waals surface area (Å²) >= 11 is 0. The van der Waals surface area contributed by atoms with Crippen molar-refractivity contribution in [2.45, 2.75) is 44.2 Å². The molecule has 5 nitrogen and oxygen atoms in total. The molecule has 0 aromatic heterocycles. The van der Waals surface area contributed by atoms with Gasteiger partial charge in [-0.25, -0.2) is 0 Å². The van der Waals surface area contributed by atoms with E-state index < -0.39 is 6.10 Å². The highest BCUT2D eigenvalue weighted by atomic mass is 16.5. The number of methoxy groups -OCH3 is 1. The van der Waals surface area contributed by atoms with E-state index in [0.717, 1.165) is 13.0 Å². The number of hydrogen-bond acceptors (Lipinski definition) is 4. The largest absolute Gasteiger partial charge is 0.389 e. The van der Waals surface area contributed by atoms with E-state index in [1.807, 2.05) is 0 Å². The molecular formula is C20H30N2O3. The van der Waals surface area contributed by atoms with E-state index in [0.29, 0.717) is 12.5 Å². The predicted octanol–water partition coefficient (Wildman–Crippen LogP) is 1.90. The highest BCUT2D eigenvalue weighted by Crippen LogP contribution is 2.42. The van der Waals surface area contributed by atoms with Gasteiger partial charge in [-0.15, -0.1) is 0 Å². The summed E-state index contributed by atoms with van der Waals surface area (Å²) in [5, 5.41) is 12.8. The summed E-state index contributed by atoms with van der Waals surface area (Å²) in [6.45, 7) is 1.71. The van der Waals surface area contributed by atoms with E-state index >= 15 is 0 Å².